The number of carbonyl (C=O) groups is 1. The van der Waals surface area contributed by atoms with Crippen molar-refractivity contribution >= 4 is 5.78 Å². The van der Waals surface area contributed by atoms with E-state index in [1.54, 1.807) is 6.08 Å². The summed E-state index contributed by atoms with van der Waals surface area (Å²) in [4.78, 5) is 11.7. The summed E-state index contributed by atoms with van der Waals surface area (Å²) < 4.78 is 0. The molecule has 0 unspecified atom stereocenters. The largest absolute Gasteiger partial charge is 0.289 e. The number of rotatable bonds is 4. The Morgan fingerprint density at radius 2 is 1.89 bits per heavy atom. The summed E-state index contributed by atoms with van der Waals surface area (Å²) in [6.07, 6.45) is 17.6. The van der Waals surface area contributed by atoms with Crippen LogP contribution in [0.1, 0.15) is 40.5 Å². The average Bonchev–Trinajstić information content (AvgIpc) is 2.45. The minimum Gasteiger partial charge on any atom is -0.289 e. The molecule has 0 aromatic rings. The van der Waals surface area contributed by atoms with Crippen molar-refractivity contribution in [3.05, 3.63) is 59.8 Å². The summed E-state index contributed by atoms with van der Waals surface area (Å²) in [5, 5.41) is 0. The van der Waals surface area contributed by atoms with Gasteiger partial charge in [0.15, 0.2) is 5.78 Å². The van der Waals surface area contributed by atoms with E-state index in [-0.39, 0.29) is 5.78 Å². The Morgan fingerprint density at radius 3 is 2.39 bits per heavy atom. The molecule has 1 rings (SSSR count). The van der Waals surface area contributed by atoms with Crippen LogP contribution < -0.4 is 0 Å². The van der Waals surface area contributed by atoms with Gasteiger partial charge in [-0.25, -0.2) is 0 Å². The smallest absolute Gasteiger partial charge is 0.185 e. The predicted molar refractivity (Wildman–Crippen MR) is 80.5 cm³/mol. The molecule has 0 aromatic carbocycles. The first-order chi connectivity index (χ1) is 8.77. The summed E-state index contributed by atoms with van der Waals surface area (Å²) in [5.41, 5.74) is 1.86. The van der Waals surface area contributed by atoms with Crippen molar-refractivity contribution in [1.29, 1.82) is 0 Å². The Balaban J connectivity index is 0.00000137. The molecule has 0 aromatic heterocycles. The molecular formula is C17H24O. The lowest BCUT2D eigenvalue weighted by Crippen LogP contribution is -1.95. The van der Waals surface area contributed by atoms with Crippen LogP contribution in [0.4, 0.5) is 0 Å². The van der Waals surface area contributed by atoms with Crippen LogP contribution >= 0.6 is 0 Å². The summed E-state index contributed by atoms with van der Waals surface area (Å²) in [6.45, 7) is 7.79. The Kier molecular flexibility index (Phi) is 9.57. The zero-order chi connectivity index (χ0) is 13.8. The number of allylic oxidation sites excluding steroid dienone is 10. The molecule has 0 heterocycles. The van der Waals surface area contributed by atoms with Gasteiger partial charge in [0.05, 0.1) is 0 Å². The maximum absolute atomic E-state index is 11.7. The highest BCUT2D eigenvalue weighted by atomic mass is 16.1. The van der Waals surface area contributed by atoms with Crippen LogP contribution in [-0.2, 0) is 4.79 Å². The van der Waals surface area contributed by atoms with Gasteiger partial charge in [0.25, 0.3) is 0 Å². The Labute approximate surface area is 111 Å². The molecule has 1 aliphatic carbocycles. The SMILES string of the molecule is C/C=C\C(=C/C)C(=O)/C=C/C1=CCCC=C1.CC. The molecule has 0 aliphatic heterocycles. The molecule has 1 heteroatoms. The van der Waals surface area contributed by atoms with Crippen molar-refractivity contribution in [3.63, 3.8) is 0 Å². The lowest BCUT2D eigenvalue weighted by atomic mass is 10.0. The van der Waals surface area contributed by atoms with E-state index in [1.165, 1.54) is 0 Å². The van der Waals surface area contributed by atoms with Crippen LogP contribution in [0.5, 0.6) is 0 Å². The molecule has 98 valence electrons. The van der Waals surface area contributed by atoms with Gasteiger partial charge in [0, 0.05) is 5.57 Å². The topological polar surface area (TPSA) is 17.1 Å². The third-order valence-electron chi connectivity index (χ3n) is 2.39. The normalized spacial score (nSPS) is 15.6. The van der Waals surface area contributed by atoms with Gasteiger partial charge in [-0.2, -0.15) is 0 Å². The molecule has 0 atom stereocenters. The molecule has 0 spiro atoms. The standard InChI is InChI=1S/C15H18O.C2H6/c1-3-8-14(4-2)15(16)12-11-13-9-6-5-7-10-13;1-2/h3-4,6,8-12H,5,7H2,1-2H3;1-2H3/b8-3-,12-11+,14-4+;. The molecule has 0 saturated carbocycles. The molecule has 0 radical (unpaired) electrons. The Bertz CT molecular complexity index is 390. The first-order valence-electron chi connectivity index (χ1n) is 6.66. The molecule has 0 bridgehead atoms. The van der Waals surface area contributed by atoms with Crippen LogP contribution in [0.3, 0.4) is 0 Å². The fraction of sp³-hybridized carbons (Fsp3) is 0.353. The van der Waals surface area contributed by atoms with Crippen molar-refractivity contribution in [2.24, 2.45) is 0 Å². The van der Waals surface area contributed by atoms with Gasteiger partial charge in [-0.1, -0.05) is 56.4 Å². The van der Waals surface area contributed by atoms with E-state index in [2.05, 4.69) is 18.2 Å². The van der Waals surface area contributed by atoms with E-state index in [1.807, 2.05) is 52.0 Å². The minimum atomic E-state index is 0.0560. The highest BCUT2D eigenvalue weighted by Crippen LogP contribution is 2.11. The fourth-order valence-electron chi connectivity index (χ4n) is 1.53. The number of hydrogen-bond acceptors (Lipinski definition) is 1. The lowest BCUT2D eigenvalue weighted by molar-refractivity contribution is -0.111. The molecule has 0 saturated heterocycles. The van der Waals surface area contributed by atoms with Gasteiger partial charge in [-0.05, 0) is 38.3 Å². The molecule has 1 nitrogen and oxygen atoms in total. The third-order valence-corrected chi connectivity index (χ3v) is 2.39. The van der Waals surface area contributed by atoms with Crippen molar-refractivity contribution < 1.29 is 4.79 Å². The summed E-state index contributed by atoms with van der Waals surface area (Å²) in [5.74, 6) is 0.0560. The molecule has 1 aliphatic rings. The van der Waals surface area contributed by atoms with Crippen LogP contribution in [0.2, 0.25) is 0 Å². The zero-order valence-corrected chi connectivity index (χ0v) is 11.9. The maximum Gasteiger partial charge on any atom is 0.185 e. The lowest BCUT2D eigenvalue weighted by Gasteiger charge is -2.00. The van der Waals surface area contributed by atoms with Crippen molar-refractivity contribution in [2.75, 3.05) is 0 Å². The fourth-order valence-corrected chi connectivity index (χ4v) is 1.53. The molecular weight excluding hydrogens is 220 g/mol. The Hall–Kier alpha value is -1.63. The highest BCUT2D eigenvalue weighted by Gasteiger charge is 2.00. The summed E-state index contributed by atoms with van der Waals surface area (Å²) in [7, 11) is 0. The van der Waals surface area contributed by atoms with Gasteiger partial charge in [-0.15, -0.1) is 0 Å². The zero-order valence-electron chi connectivity index (χ0n) is 11.9. The number of hydrogen-bond donors (Lipinski definition) is 0. The van der Waals surface area contributed by atoms with Gasteiger partial charge < -0.3 is 0 Å². The van der Waals surface area contributed by atoms with Gasteiger partial charge in [-0.3, -0.25) is 4.79 Å². The van der Waals surface area contributed by atoms with Crippen LogP contribution in [0.25, 0.3) is 0 Å². The van der Waals surface area contributed by atoms with Crippen molar-refractivity contribution in [1.82, 2.24) is 0 Å². The molecule has 0 amide bonds. The van der Waals surface area contributed by atoms with Gasteiger partial charge in [0.1, 0.15) is 0 Å². The second-order valence-electron chi connectivity index (χ2n) is 3.63. The molecule has 18 heavy (non-hydrogen) atoms. The summed E-state index contributed by atoms with van der Waals surface area (Å²) in [6, 6.07) is 0. The number of ketones is 1. The van der Waals surface area contributed by atoms with Crippen LogP contribution in [0, 0.1) is 0 Å². The first-order valence-corrected chi connectivity index (χ1v) is 6.66. The summed E-state index contributed by atoms with van der Waals surface area (Å²) >= 11 is 0. The Morgan fingerprint density at radius 1 is 1.17 bits per heavy atom. The first kappa shape index (κ1) is 16.4. The van der Waals surface area contributed by atoms with Crippen molar-refractivity contribution in [3.8, 4) is 0 Å². The average molecular weight is 244 g/mol. The van der Waals surface area contributed by atoms with Gasteiger partial charge >= 0.3 is 0 Å². The van der Waals surface area contributed by atoms with Crippen molar-refractivity contribution in [2.45, 2.75) is 40.5 Å². The van der Waals surface area contributed by atoms with Gasteiger partial charge in [0.2, 0.25) is 0 Å². The second-order valence-corrected chi connectivity index (χ2v) is 3.63. The predicted octanol–water partition coefficient (Wildman–Crippen LogP) is 4.94. The highest BCUT2D eigenvalue weighted by molar-refractivity contribution is 6.06. The van der Waals surface area contributed by atoms with E-state index in [0.29, 0.717) is 0 Å². The third kappa shape index (κ3) is 6.19. The van der Waals surface area contributed by atoms with E-state index < -0.39 is 0 Å². The minimum absolute atomic E-state index is 0.0560. The van der Waals surface area contributed by atoms with Crippen LogP contribution in [-0.4, -0.2) is 5.78 Å². The monoisotopic (exact) mass is 244 g/mol. The molecule has 0 N–H and O–H groups in total. The van der Waals surface area contributed by atoms with E-state index in [4.69, 9.17) is 0 Å². The number of carbonyl (C=O) groups excluding carboxylic acids is 1. The second kappa shape index (κ2) is 10.5. The maximum atomic E-state index is 11.7. The van der Waals surface area contributed by atoms with E-state index in [0.717, 1.165) is 24.0 Å². The molecule has 0 fully saturated rings. The van der Waals surface area contributed by atoms with E-state index >= 15 is 0 Å². The van der Waals surface area contributed by atoms with E-state index in [9.17, 15) is 4.79 Å². The van der Waals surface area contributed by atoms with Crippen LogP contribution in [0.15, 0.2) is 59.8 Å². The quantitative estimate of drug-likeness (QED) is 0.506.